The van der Waals surface area contributed by atoms with Crippen molar-refractivity contribution in [2.45, 2.75) is 13.0 Å². The molecule has 2 rings (SSSR count). The molecule has 0 amide bonds. The Labute approximate surface area is 110 Å². The maximum Gasteiger partial charge on any atom is 0.123 e. The zero-order chi connectivity index (χ0) is 13.8. The SMILES string of the molecule is Cc1cc(F)ccc1OCC(N)c1ccc(F)cc1. The summed E-state index contributed by atoms with van der Waals surface area (Å²) in [7, 11) is 0. The van der Waals surface area contributed by atoms with Crippen LogP contribution in [-0.2, 0) is 0 Å². The van der Waals surface area contributed by atoms with Crippen molar-refractivity contribution in [3.8, 4) is 5.75 Å². The van der Waals surface area contributed by atoms with Gasteiger partial charge < -0.3 is 10.5 Å². The van der Waals surface area contributed by atoms with Crippen molar-refractivity contribution in [2.75, 3.05) is 6.61 Å². The van der Waals surface area contributed by atoms with Crippen molar-refractivity contribution < 1.29 is 13.5 Å². The lowest BCUT2D eigenvalue weighted by atomic mass is 10.1. The van der Waals surface area contributed by atoms with Gasteiger partial charge in [-0.15, -0.1) is 0 Å². The van der Waals surface area contributed by atoms with E-state index in [1.807, 2.05) is 0 Å². The van der Waals surface area contributed by atoms with Crippen molar-refractivity contribution in [1.29, 1.82) is 0 Å². The fourth-order valence-corrected chi connectivity index (χ4v) is 1.76. The third-order valence-electron chi connectivity index (χ3n) is 2.85. The van der Waals surface area contributed by atoms with Crippen molar-refractivity contribution in [2.24, 2.45) is 5.73 Å². The molecule has 1 unspecified atom stereocenters. The first-order valence-electron chi connectivity index (χ1n) is 5.96. The summed E-state index contributed by atoms with van der Waals surface area (Å²) in [5, 5.41) is 0. The Hall–Kier alpha value is -1.94. The van der Waals surface area contributed by atoms with Crippen molar-refractivity contribution in [3.05, 3.63) is 65.2 Å². The minimum absolute atomic E-state index is 0.248. The summed E-state index contributed by atoms with van der Waals surface area (Å²) < 4.78 is 31.3. The highest BCUT2D eigenvalue weighted by Gasteiger charge is 2.08. The number of ether oxygens (including phenoxy) is 1. The first-order chi connectivity index (χ1) is 9.06. The predicted molar refractivity (Wildman–Crippen MR) is 70.0 cm³/mol. The predicted octanol–water partition coefficient (Wildman–Crippen LogP) is 3.35. The van der Waals surface area contributed by atoms with Crippen LogP contribution in [0.3, 0.4) is 0 Å². The van der Waals surface area contributed by atoms with Gasteiger partial charge in [0.2, 0.25) is 0 Å². The van der Waals surface area contributed by atoms with Crippen LogP contribution in [0.5, 0.6) is 5.75 Å². The molecule has 0 spiro atoms. The molecule has 0 bridgehead atoms. The third-order valence-corrected chi connectivity index (χ3v) is 2.85. The molecule has 100 valence electrons. The van der Waals surface area contributed by atoms with Crippen LogP contribution in [0, 0.1) is 18.6 Å². The van der Waals surface area contributed by atoms with Crippen LogP contribution < -0.4 is 10.5 Å². The smallest absolute Gasteiger partial charge is 0.123 e. The number of nitrogens with two attached hydrogens (primary N) is 1. The van der Waals surface area contributed by atoms with Crippen molar-refractivity contribution in [1.82, 2.24) is 0 Å². The minimum atomic E-state index is -0.356. The van der Waals surface area contributed by atoms with Gasteiger partial charge in [0.1, 0.15) is 24.0 Å². The van der Waals surface area contributed by atoms with E-state index in [2.05, 4.69) is 0 Å². The molecule has 0 saturated carbocycles. The minimum Gasteiger partial charge on any atom is -0.491 e. The van der Waals surface area contributed by atoms with E-state index in [-0.39, 0.29) is 24.3 Å². The second-order valence-corrected chi connectivity index (χ2v) is 4.38. The summed E-state index contributed by atoms with van der Waals surface area (Å²) in [5.41, 5.74) is 7.46. The summed E-state index contributed by atoms with van der Waals surface area (Å²) in [4.78, 5) is 0. The maximum absolute atomic E-state index is 12.9. The fraction of sp³-hybridized carbons (Fsp3) is 0.200. The van der Waals surface area contributed by atoms with Crippen LogP contribution in [0.2, 0.25) is 0 Å². The molecule has 2 aromatic carbocycles. The second-order valence-electron chi connectivity index (χ2n) is 4.38. The van der Waals surface area contributed by atoms with Crippen LogP contribution in [0.15, 0.2) is 42.5 Å². The van der Waals surface area contributed by atoms with Crippen LogP contribution in [0.25, 0.3) is 0 Å². The Kier molecular flexibility index (Phi) is 4.12. The highest BCUT2D eigenvalue weighted by atomic mass is 19.1. The van der Waals surface area contributed by atoms with Gasteiger partial charge in [0, 0.05) is 0 Å². The van der Waals surface area contributed by atoms with Gasteiger partial charge in [-0.2, -0.15) is 0 Å². The lowest BCUT2D eigenvalue weighted by Gasteiger charge is -2.15. The molecule has 2 nitrogen and oxygen atoms in total. The van der Waals surface area contributed by atoms with Crippen molar-refractivity contribution in [3.63, 3.8) is 0 Å². The first-order valence-corrected chi connectivity index (χ1v) is 5.96. The van der Waals surface area contributed by atoms with E-state index >= 15 is 0 Å². The molecule has 0 aliphatic rings. The summed E-state index contributed by atoms with van der Waals surface area (Å²) in [6.07, 6.45) is 0. The van der Waals surface area contributed by atoms with Gasteiger partial charge >= 0.3 is 0 Å². The van der Waals surface area contributed by atoms with Crippen LogP contribution in [0.1, 0.15) is 17.2 Å². The molecule has 0 saturated heterocycles. The molecular weight excluding hydrogens is 248 g/mol. The van der Waals surface area contributed by atoms with E-state index in [1.54, 1.807) is 25.1 Å². The van der Waals surface area contributed by atoms with Gasteiger partial charge in [-0.1, -0.05) is 12.1 Å². The Morgan fingerprint density at radius 3 is 2.32 bits per heavy atom. The molecule has 2 N–H and O–H groups in total. The number of hydrogen-bond acceptors (Lipinski definition) is 2. The molecule has 2 aromatic rings. The molecule has 0 fully saturated rings. The van der Waals surface area contributed by atoms with Crippen LogP contribution >= 0.6 is 0 Å². The molecule has 0 aliphatic heterocycles. The lowest BCUT2D eigenvalue weighted by molar-refractivity contribution is 0.288. The van der Waals surface area contributed by atoms with Gasteiger partial charge in [-0.3, -0.25) is 0 Å². The van der Waals surface area contributed by atoms with E-state index in [9.17, 15) is 8.78 Å². The molecule has 1 atom stereocenters. The molecule has 19 heavy (non-hydrogen) atoms. The Bertz CT molecular complexity index is 555. The Morgan fingerprint density at radius 1 is 1.05 bits per heavy atom. The van der Waals surface area contributed by atoms with E-state index in [1.165, 1.54) is 24.3 Å². The van der Waals surface area contributed by atoms with E-state index in [0.29, 0.717) is 11.3 Å². The van der Waals surface area contributed by atoms with Gasteiger partial charge in [-0.05, 0) is 48.4 Å². The van der Waals surface area contributed by atoms with Gasteiger partial charge in [0.25, 0.3) is 0 Å². The molecule has 0 heterocycles. The van der Waals surface area contributed by atoms with E-state index in [4.69, 9.17) is 10.5 Å². The first kappa shape index (κ1) is 13.5. The van der Waals surface area contributed by atoms with Crippen LogP contribution in [0.4, 0.5) is 8.78 Å². The topological polar surface area (TPSA) is 35.2 Å². The molecular formula is C15H15F2NO. The number of benzene rings is 2. The second kappa shape index (κ2) is 5.80. The number of halogens is 2. The van der Waals surface area contributed by atoms with Gasteiger partial charge in [0.05, 0.1) is 6.04 Å². The van der Waals surface area contributed by atoms with Gasteiger partial charge in [-0.25, -0.2) is 8.78 Å². The van der Waals surface area contributed by atoms with Crippen LogP contribution in [-0.4, -0.2) is 6.61 Å². The Morgan fingerprint density at radius 2 is 1.68 bits per heavy atom. The summed E-state index contributed by atoms with van der Waals surface area (Å²) in [5.74, 6) is -0.00195. The molecule has 4 heteroatoms. The fourth-order valence-electron chi connectivity index (χ4n) is 1.76. The zero-order valence-electron chi connectivity index (χ0n) is 10.6. The summed E-state index contributed by atoms with van der Waals surface area (Å²) in [6, 6.07) is 9.93. The number of aryl methyl sites for hydroxylation is 1. The normalized spacial score (nSPS) is 12.2. The quantitative estimate of drug-likeness (QED) is 0.918. The number of rotatable bonds is 4. The molecule has 0 aromatic heterocycles. The standard InChI is InChI=1S/C15H15F2NO/c1-10-8-13(17)6-7-15(10)19-9-14(18)11-2-4-12(16)5-3-11/h2-8,14H,9,18H2,1H3. The average molecular weight is 263 g/mol. The maximum atomic E-state index is 12.9. The average Bonchev–Trinajstić information content (AvgIpc) is 2.38. The highest BCUT2D eigenvalue weighted by molar-refractivity contribution is 5.32. The zero-order valence-corrected chi connectivity index (χ0v) is 10.6. The summed E-state index contributed by atoms with van der Waals surface area (Å²) in [6.45, 7) is 2.01. The van der Waals surface area contributed by atoms with Crippen molar-refractivity contribution >= 4 is 0 Å². The highest BCUT2D eigenvalue weighted by Crippen LogP contribution is 2.20. The number of hydrogen-bond donors (Lipinski definition) is 1. The third kappa shape index (κ3) is 3.51. The molecule has 0 radical (unpaired) electrons. The largest absolute Gasteiger partial charge is 0.491 e. The monoisotopic (exact) mass is 263 g/mol. The lowest BCUT2D eigenvalue weighted by Crippen LogP contribution is -2.19. The van der Waals surface area contributed by atoms with E-state index < -0.39 is 0 Å². The van der Waals surface area contributed by atoms with Gasteiger partial charge in [0.15, 0.2) is 0 Å². The molecule has 0 aliphatic carbocycles. The van der Waals surface area contributed by atoms with E-state index in [0.717, 1.165) is 5.56 Å². The summed E-state index contributed by atoms with van der Waals surface area (Å²) >= 11 is 0. The Balaban J connectivity index is 2.00.